The molecule has 0 unspecified atom stereocenters. The second-order valence-electron chi connectivity index (χ2n) is 10.7. The molecule has 184 valence electrons. The molecule has 8 nitrogen and oxygen atoms in total. The second kappa shape index (κ2) is 7.65. The number of halogens is 1. The number of aromatic nitrogens is 3. The fourth-order valence-corrected chi connectivity index (χ4v) is 5.54. The molecule has 3 fully saturated rings. The molecule has 2 bridgehead atoms. The van der Waals surface area contributed by atoms with Gasteiger partial charge in [0, 0.05) is 36.5 Å². The van der Waals surface area contributed by atoms with Crippen LogP contribution in [0.15, 0.2) is 41.6 Å². The van der Waals surface area contributed by atoms with Gasteiger partial charge in [-0.05, 0) is 52.2 Å². The van der Waals surface area contributed by atoms with Gasteiger partial charge in [-0.25, -0.2) is 9.37 Å². The van der Waals surface area contributed by atoms with Gasteiger partial charge in [-0.1, -0.05) is 0 Å². The number of hydrogen-bond donors (Lipinski definition) is 1. The van der Waals surface area contributed by atoms with Crippen molar-refractivity contribution in [2.75, 3.05) is 11.9 Å². The van der Waals surface area contributed by atoms with E-state index in [1.807, 2.05) is 24.4 Å². The molecule has 35 heavy (non-hydrogen) atoms. The van der Waals surface area contributed by atoms with Gasteiger partial charge in [0.2, 0.25) is 0 Å². The number of carbonyl (C=O) groups is 1. The number of amides is 1. The number of nitrogens with zero attached hydrogens (tertiary/aromatic N) is 3. The highest BCUT2D eigenvalue weighted by Crippen LogP contribution is 2.53. The fourth-order valence-electron chi connectivity index (χ4n) is 5.54. The normalized spacial score (nSPS) is 29.2. The number of ether oxygens (including phenoxy) is 2. The largest absolute Gasteiger partial charge is 0.490 e. The van der Waals surface area contributed by atoms with Crippen molar-refractivity contribution < 1.29 is 18.7 Å². The Bertz CT molecular complexity index is 1390. The summed E-state index contributed by atoms with van der Waals surface area (Å²) >= 11 is 0. The van der Waals surface area contributed by atoms with Crippen LogP contribution in [0.1, 0.15) is 68.5 Å². The van der Waals surface area contributed by atoms with E-state index < -0.39 is 23.7 Å². The summed E-state index contributed by atoms with van der Waals surface area (Å²) in [5, 5.41) is 2.71. The average molecular weight is 481 g/mol. The van der Waals surface area contributed by atoms with Crippen LogP contribution in [0, 0.1) is 0 Å². The summed E-state index contributed by atoms with van der Waals surface area (Å²) in [6.07, 6.45) is 7.31. The number of hydrogen-bond acceptors (Lipinski definition) is 5. The monoisotopic (exact) mass is 480 g/mol. The third-order valence-electron chi connectivity index (χ3n) is 7.51. The van der Waals surface area contributed by atoms with Gasteiger partial charge in [0.05, 0.1) is 35.6 Å². The van der Waals surface area contributed by atoms with Crippen LogP contribution in [0.3, 0.4) is 0 Å². The molecule has 3 aromatic heterocycles. The smallest absolute Gasteiger partial charge is 0.274 e. The summed E-state index contributed by atoms with van der Waals surface area (Å²) in [5.74, 6) is -0.0862. The molecule has 3 aliphatic rings. The van der Waals surface area contributed by atoms with Gasteiger partial charge in [0.15, 0.2) is 0 Å². The van der Waals surface area contributed by atoms with Crippen molar-refractivity contribution in [3.05, 3.63) is 58.4 Å². The van der Waals surface area contributed by atoms with Crippen molar-refractivity contribution in [1.29, 1.82) is 0 Å². The first kappa shape index (κ1) is 22.3. The summed E-state index contributed by atoms with van der Waals surface area (Å²) in [7, 11) is 0. The van der Waals surface area contributed by atoms with E-state index in [2.05, 4.69) is 12.2 Å². The quantitative estimate of drug-likeness (QED) is 0.576. The van der Waals surface area contributed by atoms with E-state index in [4.69, 9.17) is 14.5 Å². The topological polar surface area (TPSA) is 86.9 Å². The third-order valence-corrected chi connectivity index (χ3v) is 7.51. The van der Waals surface area contributed by atoms with Gasteiger partial charge >= 0.3 is 0 Å². The minimum absolute atomic E-state index is 0.0853. The maximum atomic E-state index is 13.5. The van der Waals surface area contributed by atoms with Gasteiger partial charge in [-0.3, -0.25) is 9.59 Å². The summed E-state index contributed by atoms with van der Waals surface area (Å²) in [5.41, 5.74) is 1.43. The Labute approximate surface area is 202 Å². The first-order valence-corrected chi connectivity index (χ1v) is 12.2. The van der Waals surface area contributed by atoms with E-state index in [0.29, 0.717) is 24.4 Å². The van der Waals surface area contributed by atoms with Crippen LogP contribution in [0.2, 0.25) is 0 Å². The minimum atomic E-state index is -1.02. The Hall–Kier alpha value is -3.20. The van der Waals surface area contributed by atoms with Crippen LogP contribution in [-0.4, -0.2) is 44.3 Å². The maximum absolute atomic E-state index is 13.5. The standard InChI is InChI=1S/C26H29FN4O4/c1-15(2)35-20-10-22-29-21(26-7-6-25(3,13-26)34-14-26)12-30(22)11-16(20)23(32)28-18-5-4-8-31(24(18)33)19-9-17(19)27/h4-5,8,10-12,15,17,19H,6-7,9,13-14H2,1-3H3,(H,28,32)/t17-,19+,25+,26+/m0/s1. The molecular formula is C26H29FN4O4. The van der Waals surface area contributed by atoms with Gasteiger partial charge in [0.25, 0.3) is 11.5 Å². The van der Waals surface area contributed by atoms with Crippen LogP contribution in [0.25, 0.3) is 5.65 Å². The number of fused-ring (bicyclic) bond motifs is 3. The van der Waals surface area contributed by atoms with Crippen molar-refractivity contribution in [1.82, 2.24) is 14.0 Å². The van der Waals surface area contributed by atoms with Crippen molar-refractivity contribution in [2.24, 2.45) is 0 Å². The molecule has 3 aromatic rings. The molecule has 2 aliphatic carbocycles. The molecule has 1 aliphatic heterocycles. The molecule has 1 N–H and O–H groups in total. The second-order valence-corrected chi connectivity index (χ2v) is 10.7. The van der Waals surface area contributed by atoms with E-state index in [1.165, 1.54) is 10.6 Å². The summed E-state index contributed by atoms with van der Waals surface area (Å²) in [4.78, 5) is 31.0. The Morgan fingerprint density at radius 2 is 2.14 bits per heavy atom. The highest BCUT2D eigenvalue weighted by Gasteiger charge is 2.55. The molecule has 2 saturated carbocycles. The first-order chi connectivity index (χ1) is 16.7. The zero-order chi connectivity index (χ0) is 24.5. The maximum Gasteiger partial charge on any atom is 0.274 e. The van der Waals surface area contributed by atoms with Gasteiger partial charge < -0.3 is 23.8 Å². The summed E-state index contributed by atoms with van der Waals surface area (Å²) in [6.45, 7) is 6.58. The van der Waals surface area contributed by atoms with Crippen molar-refractivity contribution in [3.8, 4) is 5.75 Å². The summed E-state index contributed by atoms with van der Waals surface area (Å²) < 4.78 is 28.7. The van der Waals surface area contributed by atoms with Crippen LogP contribution < -0.4 is 15.6 Å². The molecule has 6 rings (SSSR count). The zero-order valence-corrected chi connectivity index (χ0v) is 20.1. The predicted octanol–water partition coefficient (Wildman–Crippen LogP) is 4.03. The Morgan fingerprint density at radius 3 is 2.77 bits per heavy atom. The van der Waals surface area contributed by atoms with E-state index in [9.17, 15) is 14.0 Å². The molecule has 9 heteroatoms. The molecule has 4 atom stereocenters. The van der Waals surface area contributed by atoms with Crippen LogP contribution in [-0.2, 0) is 10.2 Å². The molecular weight excluding hydrogens is 451 g/mol. The molecule has 0 aromatic carbocycles. The highest BCUT2D eigenvalue weighted by atomic mass is 19.1. The molecule has 1 saturated heterocycles. The predicted molar refractivity (Wildman–Crippen MR) is 128 cm³/mol. The minimum Gasteiger partial charge on any atom is -0.490 e. The van der Waals surface area contributed by atoms with Crippen LogP contribution >= 0.6 is 0 Å². The lowest BCUT2D eigenvalue weighted by molar-refractivity contribution is -0.00627. The molecule has 4 heterocycles. The van der Waals surface area contributed by atoms with E-state index in [1.54, 1.807) is 24.5 Å². The Balaban J connectivity index is 1.35. The van der Waals surface area contributed by atoms with E-state index in [0.717, 1.165) is 25.0 Å². The molecule has 1 amide bonds. The number of carbonyl (C=O) groups excluding carboxylic acids is 1. The van der Waals surface area contributed by atoms with Crippen LogP contribution in [0.5, 0.6) is 5.75 Å². The number of rotatable bonds is 6. The van der Waals surface area contributed by atoms with Crippen molar-refractivity contribution in [3.63, 3.8) is 0 Å². The lowest BCUT2D eigenvalue weighted by atomic mass is 9.84. The lowest BCUT2D eigenvalue weighted by Gasteiger charge is -2.24. The van der Waals surface area contributed by atoms with Gasteiger partial charge in [0.1, 0.15) is 23.3 Å². The zero-order valence-electron chi connectivity index (χ0n) is 20.1. The number of nitrogens with one attached hydrogen (secondary N) is 1. The number of pyridine rings is 2. The van der Waals surface area contributed by atoms with Crippen molar-refractivity contribution in [2.45, 2.75) is 75.8 Å². The Kier molecular flexibility index (Phi) is 4.87. The van der Waals surface area contributed by atoms with Crippen molar-refractivity contribution >= 4 is 17.2 Å². The number of anilines is 1. The molecule has 0 spiro atoms. The lowest BCUT2D eigenvalue weighted by Crippen LogP contribution is -2.26. The Morgan fingerprint density at radius 1 is 1.34 bits per heavy atom. The number of imidazole rings is 1. The fraction of sp³-hybridized carbons (Fsp3) is 0.500. The van der Waals surface area contributed by atoms with Gasteiger partial charge in [-0.15, -0.1) is 0 Å². The van der Waals surface area contributed by atoms with Gasteiger partial charge in [-0.2, -0.15) is 0 Å². The summed E-state index contributed by atoms with van der Waals surface area (Å²) in [6, 6.07) is 4.47. The number of alkyl halides is 1. The van der Waals surface area contributed by atoms with E-state index in [-0.39, 0.29) is 28.4 Å². The third kappa shape index (κ3) is 3.73. The molecule has 0 radical (unpaired) electrons. The van der Waals surface area contributed by atoms with Crippen LogP contribution in [0.4, 0.5) is 10.1 Å². The van der Waals surface area contributed by atoms with E-state index >= 15 is 0 Å². The SMILES string of the molecule is CC(C)Oc1cc2nc([C@]34CC[C@](C)(C3)OC4)cn2cc1C(=O)Nc1cccn([C@@H]2C[C@@H]2F)c1=O. The average Bonchev–Trinajstić information content (AvgIpc) is 3.12. The highest BCUT2D eigenvalue weighted by molar-refractivity contribution is 6.06. The first-order valence-electron chi connectivity index (χ1n) is 12.2.